The Bertz CT molecular complexity index is 4490. The van der Waals surface area contributed by atoms with Gasteiger partial charge in [0, 0.05) is 48.9 Å². The number of carbonyl (C=O) groups excluding carboxylic acids is 1. The molecule has 20 rings (SSSR count). The number of imidazole rings is 1. The van der Waals surface area contributed by atoms with E-state index in [4.69, 9.17) is 451 Å². The zero-order valence-electron chi connectivity index (χ0n) is 52.4. The standard InChI is InChI=1S/C12H8Cl6O.C10Cl10O.C10H6Cl8.C10H14N4O4.C9H6Cl8.C8H5BrCl6/c13-8-9(14)11(16)5-3-1-2(6-7(3)19-6)4(5)10(8,15)12(11,17)18;11-2-1(21)3(12)6(15)4(2,13)8(17)5(2,14)7(3,16)9(6,18)10(8,19)20;11-3-1-2-4(5(3)12)9(16)7(14)6(13)8(2,15)10(9,17)18;1-12-8-7(9(17)13(2)10(12)18)14(5-11-8)3-6(16)4-15;10-1-3-4(2-11)8(15)6(13)5(12)7(3,14)9(8,16)17;9-2-3-1-6(12)4(10)5(11)7(3,13)8(6,14)15/h2-7H,1H2;;2-5H,1H2;5-6,15-16H,3-4H2,1-2H3;3-4H,1-2H2;3H,1-2H2. The van der Waals surface area contributed by atoms with Gasteiger partial charge in [-0.2, -0.15) is 0 Å². The number of alkyl halides is 31. The lowest BCUT2D eigenvalue weighted by molar-refractivity contribution is -0.122. The van der Waals surface area contributed by atoms with E-state index in [-0.39, 0.29) is 119 Å². The molecule has 14 fully saturated rings. The quantitative estimate of drug-likeness (QED) is 0.167. The summed E-state index contributed by atoms with van der Waals surface area (Å²) in [5.74, 6) is -0.744. The molecule has 10 nitrogen and oxygen atoms in total. The molecule has 1 aliphatic heterocycles. The normalized spacial score (nSPS) is 53.4. The third-order valence-electron chi connectivity index (χ3n) is 26.0. The predicted octanol–water partition coefficient (Wildman–Crippen LogP) is 23.3. The summed E-state index contributed by atoms with van der Waals surface area (Å²) < 4.78 is 1.65. The maximum atomic E-state index is 12.8. The van der Waals surface area contributed by atoms with Gasteiger partial charge in [0.25, 0.3) is 5.56 Å². The lowest BCUT2D eigenvalue weighted by Crippen LogP contribution is -3.03. The van der Waals surface area contributed by atoms with E-state index < -0.39 is 135 Å². The number of allylic oxidation sites excluding steroid dienone is 8. The summed E-state index contributed by atoms with van der Waals surface area (Å²) in [7, 11) is 2.90. The molecule has 2 N–H and O–H groups in total. The molecule has 26 atom stereocenters. The zero-order chi connectivity index (χ0) is 81.6. The van der Waals surface area contributed by atoms with Crippen LogP contribution in [0.3, 0.4) is 0 Å². The number of hydrogen-bond acceptors (Lipinski definition) is 7. The van der Waals surface area contributed by atoms with Crippen LogP contribution in [-0.4, -0.2) is 187 Å². The summed E-state index contributed by atoms with van der Waals surface area (Å²) in [5.41, 5.74) is -0.448. The van der Waals surface area contributed by atoms with Crippen LogP contribution in [0.4, 0.5) is 0 Å². The molecule has 17 aliphatic carbocycles. The third-order valence-corrected chi connectivity index (χ3v) is 54.9. The van der Waals surface area contributed by atoms with Crippen molar-refractivity contribution in [2.24, 2.45) is 67.4 Å². The molecule has 13 saturated carbocycles. The first-order valence-corrected chi connectivity index (χ1v) is 47.1. The fourth-order valence-electron chi connectivity index (χ4n) is 21.1. The fraction of sp³-hybridized carbons (Fsp3) is 0.763. The molecule has 49 heteroatoms. The highest BCUT2D eigenvalue weighted by molar-refractivity contribution is 9.09. The van der Waals surface area contributed by atoms with E-state index in [1.54, 1.807) is 0 Å². The topological polar surface area (TPSA) is 132 Å². The van der Waals surface area contributed by atoms with Gasteiger partial charge in [0.2, 0.25) is 0 Å². The highest BCUT2D eigenvalue weighted by Gasteiger charge is 3.31. The molecule has 0 radical (unpaired) electrons. The minimum atomic E-state index is -1.94. The lowest BCUT2D eigenvalue weighted by Gasteiger charge is -2.80. The van der Waals surface area contributed by atoms with E-state index in [1.165, 1.54) is 29.6 Å². The largest absolute Gasteiger partial charge is 0.394 e. The minimum Gasteiger partial charge on any atom is -0.394 e. The van der Waals surface area contributed by atoms with Gasteiger partial charge >= 0.3 is 5.69 Å². The van der Waals surface area contributed by atoms with Crippen molar-refractivity contribution < 1.29 is 19.7 Å². The Hall–Kier alpha value is 8.16. The second-order valence-corrected chi connectivity index (χ2v) is 50.8. The molecule has 0 amide bonds. The van der Waals surface area contributed by atoms with Crippen molar-refractivity contribution in [2.45, 2.75) is 155 Å². The van der Waals surface area contributed by atoms with E-state index in [0.717, 1.165) is 11.0 Å². The van der Waals surface area contributed by atoms with E-state index >= 15 is 0 Å². The van der Waals surface area contributed by atoms with Crippen LogP contribution in [0, 0.1) is 53.3 Å². The second-order valence-electron chi connectivity index (χ2n) is 29.5. The van der Waals surface area contributed by atoms with Gasteiger partial charge in [-0.05, 0) is 54.8 Å². The molecule has 18 aliphatic rings. The molecular formula is C59H39BrCl38N4O6. The monoisotopic (exact) mass is 2310 g/mol. The van der Waals surface area contributed by atoms with Crippen LogP contribution in [0.25, 0.3) is 11.2 Å². The van der Waals surface area contributed by atoms with Crippen LogP contribution < -0.4 is 11.2 Å². The number of halogens is 39. The molecule has 0 aromatic carbocycles. The number of nitrogens with zero attached hydrogens (tertiary/aromatic N) is 4. The molecule has 0 spiro atoms. The van der Waals surface area contributed by atoms with Gasteiger partial charge in [0.05, 0.1) is 88.8 Å². The van der Waals surface area contributed by atoms with Crippen molar-refractivity contribution >= 4 is 474 Å². The Morgan fingerprint density at radius 3 is 1.28 bits per heavy atom. The molecule has 604 valence electrons. The van der Waals surface area contributed by atoms with Crippen LogP contribution in [0.15, 0.2) is 56.2 Å². The van der Waals surface area contributed by atoms with Crippen molar-refractivity contribution in [3.05, 3.63) is 67.4 Å². The van der Waals surface area contributed by atoms with E-state index in [0.29, 0.717) is 40.1 Å². The molecule has 108 heavy (non-hydrogen) atoms. The fourth-order valence-corrected chi connectivity index (χ4v) is 44.5. The molecular weight excluding hydrogens is 2290 g/mol. The summed E-state index contributed by atoms with van der Waals surface area (Å²) in [4.78, 5) is 16.2. The van der Waals surface area contributed by atoms with Gasteiger partial charge in [-0.1, -0.05) is 225 Å². The van der Waals surface area contributed by atoms with Crippen molar-refractivity contribution in [3.63, 3.8) is 0 Å². The molecule has 2 aromatic rings. The van der Waals surface area contributed by atoms with Crippen molar-refractivity contribution in [1.82, 2.24) is 18.7 Å². The molecule has 3 heterocycles. The van der Waals surface area contributed by atoms with Gasteiger partial charge in [0.15, 0.2) is 48.4 Å². The summed E-state index contributed by atoms with van der Waals surface area (Å²) in [6.07, 6.45) is 3.08. The number of rotatable bonds is 6. The van der Waals surface area contributed by atoms with E-state index in [2.05, 4.69) is 20.9 Å². The number of aliphatic hydroxyl groups is 2. The van der Waals surface area contributed by atoms with Crippen LogP contribution in [0.1, 0.15) is 19.3 Å². The van der Waals surface area contributed by atoms with Crippen LogP contribution in [0.2, 0.25) is 0 Å². The number of aliphatic hydroxyl groups excluding tert-OH is 2. The first kappa shape index (κ1) is 92.3. The summed E-state index contributed by atoms with van der Waals surface area (Å²) in [6, 6.07) is 0. The van der Waals surface area contributed by atoms with Gasteiger partial charge in [-0.3, -0.25) is 18.7 Å². The summed E-state index contributed by atoms with van der Waals surface area (Å²) >= 11 is 247. The molecule has 14 bridgehead atoms. The number of fused-ring (bicyclic) bond motifs is 22. The Morgan fingerprint density at radius 1 is 0.509 bits per heavy atom. The van der Waals surface area contributed by atoms with Crippen LogP contribution in [0.5, 0.6) is 0 Å². The number of aromatic nitrogens is 4. The molecule has 1 saturated heterocycles. The van der Waals surface area contributed by atoms with E-state index in [9.17, 15) is 19.5 Å². The van der Waals surface area contributed by atoms with Crippen LogP contribution >= 0.6 is 457 Å². The Kier molecular flexibility index (Phi) is 23.2. The van der Waals surface area contributed by atoms with Crippen molar-refractivity contribution in [1.29, 1.82) is 0 Å². The van der Waals surface area contributed by atoms with Crippen molar-refractivity contribution in [3.8, 4) is 0 Å². The number of aryl methyl sites for hydroxylation is 1. The smallest absolute Gasteiger partial charge is 0.332 e. The third kappa shape index (κ3) is 8.86. The maximum absolute atomic E-state index is 12.8. The lowest BCUT2D eigenvalue weighted by atomic mass is 9.41. The van der Waals surface area contributed by atoms with Crippen LogP contribution in [-0.2, 0) is 30.2 Å². The number of epoxide rings is 1. The summed E-state index contributed by atoms with van der Waals surface area (Å²) in [5, 5.41) is 20.1. The highest BCUT2D eigenvalue weighted by Crippen LogP contribution is 3.10. The average Bonchev–Trinajstić information content (AvgIpc) is 1.32. The Labute approximate surface area is 813 Å². The number of hydrogen-bond donors (Lipinski definition) is 2. The van der Waals surface area contributed by atoms with Crippen molar-refractivity contribution in [2.75, 3.05) is 23.7 Å². The van der Waals surface area contributed by atoms with Gasteiger partial charge in [-0.15, -0.1) is 232 Å². The first-order chi connectivity index (χ1) is 49.0. The van der Waals surface area contributed by atoms with Gasteiger partial charge < -0.3 is 19.5 Å². The summed E-state index contributed by atoms with van der Waals surface area (Å²) in [6.45, 7) is -0.369. The zero-order valence-corrected chi connectivity index (χ0v) is 82.7. The Balaban J connectivity index is 0.000000109. The Morgan fingerprint density at radius 2 is 0.889 bits per heavy atom. The minimum absolute atomic E-state index is 0.0401. The predicted molar refractivity (Wildman–Crippen MR) is 461 cm³/mol. The average molecular weight is 2330 g/mol. The molecule has 26 unspecified atom stereocenters. The first-order valence-electron chi connectivity index (χ1n) is 31.2. The second kappa shape index (κ2) is 27.1. The van der Waals surface area contributed by atoms with E-state index in [1.807, 2.05) is 0 Å². The van der Waals surface area contributed by atoms with Gasteiger partial charge in [-0.25, -0.2) is 9.78 Å². The number of ketones is 1. The SMILES string of the molecule is ClC1=C(Cl)C2(Cl)C(CBr)CC1(Cl)C2(Cl)Cl.ClC1=C(Cl)C2(Cl)C3C(Cl)C(Cl)CC3C1(Cl)C2(Cl)Cl.ClC1=C(Cl)C2(Cl)C3C4CC(C5OC45)C3C1(Cl)C2(Cl)Cl.ClCC1C(CCl)C2(Cl)C(Cl)=C(Cl)C1(Cl)C2(Cl)Cl.Cn1c(=O)c2c(ncn2CC(O)CO)n(C)c1=O.O=C1C2(Cl)C3(Cl)C4(Cl)C(Cl)(Cl)C5(Cl)C3(Cl)C1(Cl)C5(Cl)C24Cl. The van der Waals surface area contributed by atoms with Gasteiger partial charge in [0.1, 0.15) is 68.2 Å². The number of Topliss-reactive ketones (excluding diaryl/α,β-unsaturated/α-hetero) is 1. The highest BCUT2D eigenvalue weighted by atomic mass is 79.9. The molecule has 2 aromatic heterocycles. The number of carbonyl (C=O) groups is 1. The maximum Gasteiger partial charge on any atom is 0.332 e. The number of ether oxygens (including phenoxy) is 1.